The van der Waals surface area contributed by atoms with Crippen LogP contribution in [-0.4, -0.2) is 24.2 Å². The maximum Gasteiger partial charge on any atom is 0.158 e. The van der Waals surface area contributed by atoms with Gasteiger partial charge >= 0.3 is 0 Å². The molecule has 0 N–H and O–H groups in total. The van der Waals surface area contributed by atoms with Gasteiger partial charge in [-0.05, 0) is 18.2 Å². The molecular formula is C15H21FN2OSi. The van der Waals surface area contributed by atoms with Crippen LogP contribution in [0.4, 0.5) is 4.39 Å². The minimum absolute atomic E-state index is 0.321. The first kappa shape index (κ1) is 14.9. The summed E-state index contributed by atoms with van der Waals surface area (Å²) in [6.45, 7) is 11.7. The number of imidazole rings is 1. The summed E-state index contributed by atoms with van der Waals surface area (Å²) in [4.78, 5) is 4.12. The lowest BCUT2D eigenvalue weighted by molar-refractivity contribution is 0.0898. The van der Waals surface area contributed by atoms with Gasteiger partial charge in [0.2, 0.25) is 0 Å². The van der Waals surface area contributed by atoms with E-state index in [1.165, 1.54) is 6.08 Å². The molecule has 108 valence electrons. The number of nitrogens with zero attached hydrogens (tertiary/aromatic N) is 2. The van der Waals surface area contributed by atoms with E-state index in [1.54, 1.807) is 12.4 Å². The largest absolute Gasteiger partial charge is 0.361 e. The summed E-state index contributed by atoms with van der Waals surface area (Å²) in [5, 5.41) is 0. The molecule has 1 heterocycles. The SMILES string of the molecule is C=Cc1ccc2c(ncn2COCC[Si](C)(C)C)c1F. The van der Waals surface area contributed by atoms with Crippen molar-refractivity contribution in [3.8, 4) is 0 Å². The van der Waals surface area contributed by atoms with Gasteiger partial charge in [0.25, 0.3) is 0 Å². The standard InChI is InChI=1S/C15H21FN2OSi/c1-5-12-6-7-13-15(14(12)16)17-10-18(13)11-19-8-9-20(2,3)4/h5-7,10H,1,8-9,11H2,2-4H3. The number of hydrogen-bond acceptors (Lipinski definition) is 2. The fraction of sp³-hybridized carbons (Fsp3) is 0.400. The Morgan fingerprint density at radius 3 is 2.80 bits per heavy atom. The minimum Gasteiger partial charge on any atom is -0.361 e. The van der Waals surface area contributed by atoms with E-state index in [0.29, 0.717) is 17.8 Å². The number of fused-ring (bicyclic) bond motifs is 1. The van der Waals surface area contributed by atoms with Gasteiger partial charge in [0, 0.05) is 20.2 Å². The van der Waals surface area contributed by atoms with Crippen LogP contribution in [0.1, 0.15) is 5.56 Å². The molecule has 20 heavy (non-hydrogen) atoms. The van der Waals surface area contributed by atoms with Crippen molar-refractivity contribution in [1.29, 1.82) is 0 Å². The highest BCUT2D eigenvalue weighted by atomic mass is 28.3. The summed E-state index contributed by atoms with van der Waals surface area (Å²) in [5.41, 5.74) is 1.60. The summed E-state index contributed by atoms with van der Waals surface area (Å²) in [6, 6.07) is 4.68. The van der Waals surface area contributed by atoms with Gasteiger partial charge in [0.15, 0.2) is 5.82 Å². The van der Waals surface area contributed by atoms with Crippen molar-refractivity contribution >= 4 is 25.2 Å². The van der Waals surface area contributed by atoms with Crippen molar-refractivity contribution in [2.24, 2.45) is 0 Å². The lowest BCUT2D eigenvalue weighted by atomic mass is 10.2. The third-order valence-corrected chi connectivity index (χ3v) is 4.91. The molecule has 0 saturated carbocycles. The first-order chi connectivity index (χ1) is 9.42. The Kier molecular flexibility index (Phi) is 4.40. The molecule has 1 aromatic heterocycles. The molecule has 0 bridgehead atoms. The molecule has 0 saturated heterocycles. The van der Waals surface area contributed by atoms with Gasteiger partial charge in [0.05, 0.1) is 11.8 Å². The Labute approximate surface area is 120 Å². The first-order valence-corrected chi connectivity index (χ1v) is 10.5. The first-order valence-electron chi connectivity index (χ1n) is 6.76. The van der Waals surface area contributed by atoms with Crippen LogP contribution < -0.4 is 0 Å². The predicted octanol–water partition coefficient (Wildman–Crippen LogP) is 4.13. The van der Waals surface area contributed by atoms with Gasteiger partial charge in [-0.15, -0.1) is 0 Å². The topological polar surface area (TPSA) is 27.1 Å². The zero-order valence-corrected chi connectivity index (χ0v) is 13.3. The summed E-state index contributed by atoms with van der Waals surface area (Å²) in [7, 11) is -1.08. The lowest BCUT2D eigenvalue weighted by Crippen LogP contribution is -2.21. The van der Waals surface area contributed by atoms with Crippen LogP contribution in [0, 0.1) is 5.82 Å². The molecule has 0 unspecified atom stereocenters. The predicted molar refractivity (Wildman–Crippen MR) is 83.9 cm³/mol. The Bertz CT molecular complexity index is 616. The van der Waals surface area contributed by atoms with Crippen LogP contribution in [0.25, 0.3) is 17.1 Å². The zero-order valence-electron chi connectivity index (χ0n) is 12.3. The van der Waals surface area contributed by atoms with Crippen LogP contribution in [0.15, 0.2) is 25.0 Å². The molecule has 0 atom stereocenters. The molecule has 0 fully saturated rings. The molecule has 0 amide bonds. The van der Waals surface area contributed by atoms with Gasteiger partial charge in [0.1, 0.15) is 12.2 Å². The molecule has 0 spiro atoms. The molecule has 0 aliphatic carbocycles. The zero-order chi connectivity index (χ0) is 14.8. The van der Waals surface area contributed by atoms with E-state index in [9.17, 15) is 4.39 Å². The van der Waals surface area contributed by atoms with Crippen molar-refractivity contribution < 1.29 is 9.13 Å². The minimum atomic E-state index is -1.08. The molecular weight excluding hydrogens is 271 g/mol. The molecule has 3 nitrogen and oxygen atoms in total. The van der Waals surface area contributed by atoms with Crippen molar-refractivity contribution in [1.82, 2.24) is 9.55 Å². The highest BCUT2D eigenvalue weighted by molar-refractivity contribution is 6.76. The van der Waals surface area contributed by atoms with Gasteiger partial charge in [-0.1, -0.05) is 32.3 Å². The van der Waals surface area contributed by atoms with Crippen LogP contribution in [0.2, 0.25) is 25.7 Å². The Hall–Kier alpha value is -1.46. The summed E-state index contributed by atoms with van der Waals surface area (Å²) < 4.78 is 21.5. The van der Waals surface area contributed by atoms with Crippen LogP contribution in [-0.2, 0) is 11.5 Å². The fourth-order valence-corrected chi connectivity index (χ4v) is 2.67. The van der Waals surface area contributed by atoms with E-state index in [4.69, 9.17) is 4.74 Å². The highest BCUT2D eigenvalue weighted by Gasteiger charge is 2.13. The van der Waals surface area contributed by atoms with Gasteiger partial charge in [-0.3, -0.25) is 0 Å². The number of halogens is 1. The van der Waals surface area contributed by atoms with E-state index in [-0.39, 0.29) is 5.82 Å². The second kappa shape index (κ2) is 5.89. The summed E-state index contributed by atoms with van der Waals surface area (Å²) >= 11 is 0. The third kappa shape index (κ3) is 3.35. The molecule has 0 radical (unpaired) electrons. The summed E-state index contributed by atoms with van der Waals surface area (Å²) in [6.07, 6.45) is 3.12. The van der Waals surface area contributed by atoms with Crippen molar-refractivity contribution in [2.75, 3.05) is 6.61 Å². The molecule has 1 aromatic carbocycles. The van der Waals surface area contributed by atoms with Crippen LogP contribution in [0.3, 0.4) is 0 Å². The Morgan fingerprint density at radius 2 is 2.15 bits per heavy atom. The van der Waals surface area contributed by atoms with E-state index in [2.05, 4.69) is 31.2 Å². The Morgan fingerprint density at radius 1 is 1.40 bits per heavy atom. The number of aromatic nitrogens is 2. The third-order valence-electron chi connectivity index (χ3n) is 3.21. The average Bonchev–Trinajstić information content (AvgIpc) is 2.78. The smallest absolute Gasteiger partial charge is 0.158 e. The number of ether oxygens (including phenoxy) is 1. The Balaban J connectivity index is 2.08. The van der Waals surface area contributed by atoms with E-state index >= 15 is 0 Å². The quantitative estimate of drug-likeness (QED) is 0.591. The number of hydrogen-bond donors (Lipinski definition) is 0. The maximum absolute atomic E-state index is 14.0. The highest BCUT2D eigenvalue weighted by Crippen LogP contribution is 2.21. The number of benzene rings is 1. The van der Waals surface area contributed by atoms with Gasteiger partial charge in [-0.25, -0.2) is 9.37 Å². The monoisotopic (exact) mass is 292 g/mol. The lowest BCUT2D eigenvalue weighted by Gasteiger charge is -2.15. The van der Waals surface area contributed by atoms with Crippen molar-refractivity contribution in [2.45, 2.75) is 32.4 Å². The second-order valence-corrected chi connectivity index (χ2v) is 11.7. The molecule has 2 aromatic rings. The molecule has 0 aliphatic heterocycles. The molecule has 0 aliphatic rings. The van der Waals surface area contributed by atoms with Crippen LogP contribution >= 0.6 is 0 Å². The van der Waals surface area contributed by atoms with E-state index in [0.717, 1.165) is 18.2 Å². The number of rotatable bonds is 6. The van der Waals surface area contributed by atoms with Crippen LogP contribution in [0.5, 0.6) is 0 Å². The summed E-state index contributed by atoms with van der Waals surface area (Å²) in [5.74, 6) is -0.321. The normalized spacial score (nSPS) is 12.0. The van der Waals surface area contributed by atoms with Crippen molar-refractivity contribution in [3.63, 3.8) is 0 Å². The van der Waals surface area contributed by atoms with Gasteiger partial charge in [-0.2, -0.15) is 0 Å². The molecule has 2 rings (SSSR count). The van der Waals surface area contributed by atoms with E-state index in [1.807, 2.05) is 10.6 Å². The van der Waals surface area contributed by atoms with Gasteiger partial charge < -0.3 is 9.30 Å². The van der Waals surface area contributed by atoms with E-state index < -0.39 is 8.07 Å². The molecule has 5 heteroatoms. The van der Waals surface area contributed by atoms with Crippen molar-refractivity contribution in [3.05, 3.63) is 36.4 Å². The average molecular weight is 292 g/mol. The fourth-order valence-electron chi connectivity index (χ4n) is 1.92. The second-order valence-electron chi connectivity index (χ2n) is 6.10. The maximum atomic E-state index is 14.0.